The van der Waals surface area contributed by atoms with Crippen LogP contribution in [0.5, 0.6) is 0 Å². The Hall–Kier alpha value is -0.920. The van der Waals surface area contributed by atoms with Crippen molar-refractivity contribution in [3.63, 3.8) is 0 Å². The number of aromatic nitrogens is 1. The molecule has 0 saturated heterocycles. The first kappa shape index (κ1) is 7.08. The predicted octanol–water partition coefficient (Wildman–Crippen LogP) is 1.54. The van der Waals surface area contributed by atoms with Gasteiger partial charge in [-0.15, -0.1) is 0 Å². The van der Waals surface area contributed by atoms with Gasteiger partial charge in [0, 0.05) is 12.4 Å². The first-order valence-corrected chi connectivity index (χ1v) is 2.26. The van der Waals surface area contributed by atoms with E-state index < -0.39 is 0 Å². The lowest BCUT2D eigenvalue weighted by atomic mass is 10.3. The van der Waals surface area contributed by atoms with Crippen LogP contribution < -0.4 is 0 Å². The molecule has 0 atom stereocenters. The van der Waals surface area contributed by atoms with Crippen LogP contribution in [0.15, 0.2) is 24.5 Å². The zero-order valence-electron chi connectivity index (χ0n) is 4.66. The molecule has 0 amide bonds. The van der Waals surface area contributed by atoms with E-state index in [2.05, 4.69) is 4.98 Å². The van der Waals surface area contributed by atoms with Crippen LogP contribution in [0.25, 0.3) is 0 Å². The molecule has 0 N–H and O–H groups in total. The van der Waals surface area contributed by atoms with E-state index in [0.717, 1.165) is 0 Å². The molecule has 0 radical (unpaired) electrons. The van der Waals surface area contributed by atoms with E-state index in [1.54, 1.807) is 12.4 Å². The second kappa shape index (κ2) is 3.13. The third-order valence-corrected chi connectivity index (χ3v) is 0.847. The van der Waals surface area contributed by atoms with Gasteiger partial charge in [0.1, 0.15) is 0 Å². The zero-order valence-corrected chi connectivity index (χ0v) is 4.66. The lowest BCUT2D eigenvalue weighted by Gasteiger charge is -1.82. The van der Waals surface area contributed by atoms with E-state index in [1.807, 2.05) is 19.1 Å². The topological polar surface area (TPSA) is 12.9 Å². The standard InChI is InChI=1S/C6H7N.FH/c1-6-2-4-7-5-3-6;/h2-5H,1H3;1H. The van der Waals surface area contributed by atoms with Crippen LogP contribution in [0.1, 0.15) is 5.56 Å². The molecule has 44 valence electrons. The number of nitrogens with zero attached hydrogens (tertiary/aromatic N) is 1. The molecule has 0 bridgehead atoms. The number of aryl methyl sites for hydroxylation is 1. The highest BCUT2D eigenvalue weighted by molar-refractivity contribution is 5.05. The summed E-state index contributed by atoms with van der Waals surface area (Å²) < 4.78 is 0. The minimum absolute atomic E-state index is 0. The van der Waals surface area contributed by atoms with E-state index in [1.165, 1.54) is 5.56 Å². The summed E-state index contributed by atoms with van der Waals surface area (Å²) in [6.07, 6.45) is 3.57. The molecule has 0 fully saturated rings. The zero-order chi connectivity index (χ0) is 5.11. The van der Waals surface area contributed by atoms with E-state index >= 15 is 0 Å². The third kappa shape index (κ3) is 1.69. The maximum atomic E-state index is 3.85. The Bertz CT molecular complexity index is 138. The average molecular weight is 113 g/mol. The monoisotopic (exact) mass is 113 g/mol. The fourth-order valence-corrected chi connectivity index (χ4v) is 0.426. The SMILES string of the molecule is Cc1ccncc1.F. The normalized spacial score (nSPS) is 7.62. The second-order valence-corrected chi connectivity index (χ2v) is 1.52. The van der Waals surface area contributed by atoms with Gasteiger partial charge in [-0.1, -0.05) is 0 Å². The van der Waals surface area contributed by atoms with Crippen LogP contribution in [0.4, 0.5) is 4.70 Å². The molecule has 2 heteroatoms. The second-order valence-electron chi connectivity index (χ2n) is 1.52. The minimum atomic E-state index is 0. The summed E-state index contributed by atoms with van der Waals surface area (Å²) in [5, 5.41) is 0. The Balaban J connectivity index is 0.000000490. The van der Waals surface area contributed by atoms with Gasteiger partial charge in [-0.25, -0.2) is 0 Å². The van der Waals surface area contributed by atoms with Gasteiger partial charge in [-0.05, 0) is 24.6 Å². The summed E-state index contributed by atoms with van der Waals surface area (Å²) in [5.41, 5.74) is 1.26. The Morgan fingerprint density at radius 1 is 1.25 bits per heavy atom. The molecule has 0 spiro atoms. The van der Waals surface area contributed by atoms with E-state index in [9.17, 15) is 0 Å². The molecule has 1 aromatic rings. The van der Waals surface area contributed by atoms with Crippen molar-refractivity contribution >= 4 is 0 Å². The number of hydrogen-bond acceptors (Lipinski definition) is 1. The van der Waals surface area contributed by atoms with Crippen LogP contribution in [-0.4, -0.2) is 4.98 Å². The largest absolute Gasteiger partial charge is 0.269 e. The molecule has 0 aromatic carbocycles. The van der Waals surface area contributed by atoms with Gasteiger partial charge in [0.25, 0.3) is 0 Å². The van der Waals surface area contributed by atoms with E-state index in [-0.39, 0.29) is 4.70 Å². The number of pyridine rings is 1. The van der Waals surface area contributed by atoms with Crippen molar-refractivity contribution in [2.24, 2.45) is 0 Å². The molecule has 0 aliphatic rings. The van der Waals surface area contributed by atoms with Crippen LogP contribution >= 0.6 is 0 Å². The first-order valence-electron chi connectivity index (χ1n) is 2.26. The van der Waals surface area contributed by atoms with Gasteiger partial charge >= 0.3 is 0 Å². The quantitative estimate of drug-likeness (QED) is 0.497. The molecule has 0 aliphatic carbocycles. The summed E-state index contributed by atoms with van der Waals surface area (Å²) >= 11 is 0. The summed E-state index contributed by atoms with van der Waals surface area (Å²) in [5.74, 6) is 0. The third-order valence-electron chi connectivity index (χ3n) is 0.847. The lowest BCUT2D eigenvalue weighted by molar-refractivity contribution is 1.11. The number of rotatable bonds is 0. The van der Waals surface area contributed by atoms with Crippen molar-refractivity contribution in [2.75, 3.05) is 0 Å². The fraction of sp³-hybridized carbons (Fsp3) is 0.167. The Kier molecular flexibility index (Phi) is 2.77. The van der Waals surface area contributed by atoms with Crippen LogP contribution in [0.2, 0.25) is 0 Å². The highest BCUT2D eigenvalue weighted by Gasteiger charge is 1.72. The van der Waals surface area contributed by atoms with Crippen molar-refractivity contribution in [3.8, 4) is 0 Å². The summed E-state index contributed by atoms with van der Waals surface area (Å²) in [6.45, 7) is 2.04. The molecule has 1 nitrogen and oxygen atoms in total. The van der Waals surface area contributed by atoms with Crippen LogP contribution in [0.3, 0.4) is 0 Å². The van der Waals surface area contributed by atoms with Crippen molar-refractivity contribution in [1.82, 2.24) is 4.98 Å². The minimum Gasteiger partial charge on any atom is -0.269 e. The average Bonchev–Trinajstić information content (AvgIpc) is 1.69. The summed E-state index contributed by atoms with van der Waals surface area (Å²) in [4.78, 5) is 3.85. The summed E-state index contributed by atoms with van der Waals surface area (Å²) in [7, 11) is 0. The smallest absolute Gasteiger partial charge is 0.0270 e. The van der Waals surface area contributed by atoms with E-state index in [4.69, 9.17) is 0 Å². The molecule has 1 heterocycles. The van der Waals surface area contributed by atoms with Gasteiger partial charge in [-0.3, -0.25) is 9.69 Å². The van der Waals surface area contributed by atoms with Gasteiger partial charge in [0.15, 0.2) is 0 Å². The van der Waals surface area contributed by atoms with Gasteiger partial charge < -0.3 is 0 Å². The molecule has 1 rings (SSSR count). The Labute approximate surface area is 47.7 Å². The van der Waals surface area contributed by atoms with Crippen molar-refractivity contribution < 1.29 is 4.70 Å². The van der Waals surface area contributed by atoms with Gasteiger partial charge in [0.2, 0.25) is 0 Å². The van der Waals surface area contributed by atoms with Crippen molar-refractivity contribution in [1.29, 1.82) is 0 Å². The molecule has 0 unspecified atom stereocenters. The maximum Gasteiger partial charge on any atom is 0.0270 e. The molecule has 8 heavy (non-hydrogen) atoms. The summed E-state index contributed by atoms with van der Waals surface area (Å²) in [6, 6.07) is 3.94. The van der Waals surface area contributed by atoms with Gasteiger partial charge in [-0.2, -0.15) is 0 Å². The van der Waals surface area contributed by atoms with E-state index in [0.29, 0.717) is 0 Å². The lowest BCUT2D eigenvalue weighted by Crippen LogP contribution is -1.68. The van der Waals surface area contributed by atoms with Crippen LogP contribution in [-0.2, 0) is 0 Å². The Morgan fingerprint density at radius 3 is 2.00 bits per heavy atom. The number of hydrogen-bond donors (Lipinski definition) is 0. The maximum absolute atomic E-state index is 3.85. The van der Waals surface area contributed by atoms with Crippen molar-refractivity contribution in [3.05, 3.63) is 30.1 Å². The first-order chi connectivity index (χ1) is 3.39. The van der Waals surface area contributed by atoms with Crippen molar-refractivity contribution in [2.45, 2.75) is 6.92 Å². The molecule has 1 aromatic heterocycles. The molecular weight excluding hydrogens is 105 g/mol. The van der Waals surface area contributed by atoms with Crippen LogP contribution in [0, 0.1) is 6.92 Å². The highest BCUT2D eigenvalue weighted by atomic mass is 19.0. The number of halogens is 1. The Morgan fingerprint density at radius 2 is 1.75 bits per heavy atom. The van der Waals surface area contributed by atoms with Gasteiger partial charge in [0.05, 0.1) is 0 Å². The molecule has 0 aliphatic heterocycles. The predicted molar refractivity (Wildman–Crippen MR) is 31.5 cm³/mol. The highest BCUT2D eigenvalue weighted by Crippen LogP contribution is 1.88. The molecule has 0 saturated carbocycles. The molecular formula is C6H8FN. The fourth-order valence-electron chi connectivity index (χ4n) is 0.426.